The highest BCUT2D eigenvalue weighted by Gasteiger charge is 2.58. The van der Waals surface area contributed by atoms with Gasteiger partial charge < -0.3 is 205 Å². The van der Waals surface area contributed by atoms with E-state index in [2.05, 4.69) is 10.6 Å². The van der Waals surface area contributed by atoms with Crippen molar-refractivity contribution in [3.05, 3.63) is 0 Å². The monoisotopic (exact) mass is 1400 g/mol. The molecule has 0 aromatic heterocycles. The van der Waals surface area contributed by atoms with E-state index >= 15 is 0 Å². The SMILES string of the molecule is CC(=O)N[C@H]1[C@H](O[C@@H]([C@H](O)[C@H](CO)NC(C)=O)[C@H](O)CO)O[C@H](CO)[C@@H](O[C@@H]2O[C@H](CO[C@H]3O[C@H](CO[C@H]4O[C@H](CO)[C@@H](O)[C@H](O)[C@@H]4O)[C@@H](O)[C@H](O[C@H]4O[C@H](CO)[C@@H](O)[C@H](O)[C@@H]4O)[C@@H]3O)[C@@H](O)[C@H](O[C@H]3O[C@H](CO[C@H]4O[C@H](CO)[C@@H](O)[C@H](O)[C@@H]4O)[C@@H](O)[C@H](O)[C@@H]3O)[C@@H]2O)[C@@H]1O. The molecule has 0 aromatic rings. The Kier molecular flexibility index (Phi) is 29.6. The molecule has 95 heavy (non-hydrogen) atoms. The van der Waals surface area contributed by atoms with Crippen molar-refractivity contribution in [2.45, 2.75) is 253 Å². The van der Waals surface area contributed by atoms with Crippen molar-refractivity contribution >= 4 is 11.8 Å². The standard InChI is InChI=1S/C52H90N2O41/c1-12(61)53-14(3-55)24(64)42(15(63)4-56)92-46-23(54-13(2)62)31(71)43(19(8-60)88-46)93-52-41(81)45(95-51-39(79)35(75)28(68)20(90-51)9-82-47-36(76)32(72)25(65)16(5-57)85-47)30(70)22(91-52)11-84-49-40(80)44(94-50-38(78)34(74)27(67)18(7-59)87-50)29(69)21(89-49)10-83-48-37(77)33(73)26(66)17(6-58)86-48/h14-52,55-60,63-81H,3-11H2,1-2H3,(H,53,61)(H,54,62)/t14-,15+,16+,17+,18+,19+,20+,21+,22+,23+,24+,25+,26+,27+,28+,29+,30+,31+,32-,33-,34-,35-,36-,37-,38-,39-,40-,41-,42+,43+,44-,45-,46-,47-,48-,49-,50+,51+,52-/m0/s1. The van der Waals surface area contributed by atoms with Gasteiger partial charge in [-0.1, -0.05) is 0 Å². The van der Waals surface area contributed by atoms with Crippen LogP contribution in [0.2, 0.25) is 0 Å². The second-order valence-electron chi connectivity index (χ2n) is 23.7. The summed E-state index contributed by atoms with van der Waals surface area (Å²) < 4.78 is 80.2. The quantitative estimate of drug-likeness (QED) is 0.0346. The summed E-state index contributed by atoms with van der Waals surface area (Å²) in [4.78, 5) is 24.7. The molecule has 0 saturated carbocycles. The van der Waals surface area contributed by atoms with Gasteiger partial charge in [-0.15, -0.1) is 0 Å². The molecule has 7 saturated heterocycles. The Morgan fingerprint density at radius 1 is 0.358 bits per heavy atom. The van der Waals surface area contributed by atoms with Gasteiger partial charge >= 0.3 is 0 Å². The lowest BCUT2D eigenvalue weighted by molar-refractivity contribution is -0.388. The molecule has 43 heteroatoms. The molecule has 27 N–H and O–H groups in total. The Labute approximate surface area is 537 Å². The minimum atomic E-state index is -2.47. The number of carbonyl (C=O) groups is 2. The van der Waals surface area contributed by atoms with Gasteiger partial charge in [0.25, 0.3) is 0 Å². The lowest BCUT2D eigenvalue weighted by Crippen LogP contribution is -2.69. The molecule has 554 valence electrons. The number of hydrogen-bond donors (Lipinski definition) is 27. The third-order valence-electron chi connectivity index (χ3n) is 17.1. The molecule has 43 nitrogen and oxygen atoms in total. The van der Waals surface area contributed by atoms with Crippen LogP contribution >= 0.6 is 0 Å². The van der Waals surface area contributed by atoms with Crippen LogP contribution in [0.15, 0.2) is 0 Å². The van der Waals surface area contributed by atoms with Crippen LogP contribution in [0.3, 0.4) is 0 Å². The zero-order chi connectivity index (χ0) is 70.3. The zero-order valence-corrected chi connectivity index (χ0v) is 50.6. The van der Waals surface area contributed by atoms with E-state index in [0.717, 1.165) is 13.8 Å². The summed E-state index contributed by atoms with van der Waals surface area (Å²) >= 11 is 0. The smallest absolute Gasteiger partial charge is 0.217 e. The maximum absolute atomic E-state index is 12.8. The van der Waals surface area contributed by atoms with Gasteiger partial charge in [0.1, 0.15) is 189 Å². The average molecular weight is 1400 g/mol. The van der Waals surface area contributed by atoms with E-state index in [1.165, 1.54) is 0 Å². The molecule has 0 spiro atoms. The molecule has 0 aliphatic carbocycles. The molecule has 2 amide bonds. The maximum Gasteiger partial charge on any atom is 0.217 e. The van der Waals surface area contributed by atoms with Gasteiger partial charge in [-0.3, -0.25) is 9.59 Å². The summed E-state index contributed by atoms with van der Waals surface area (Å²) in [6, 6.07) is -3.53. The van der Waals surface area contributed by atoms with Crippen molar-refractivity contribution in [3.8, 4) is 0 Å². The van der Waals surface area contributed by atoms with E-state index in [4.69, 9.17) is 66.3 Å². The van der Waals surface area contributed by atoms with Crippen LogP contribution in [0.25, 0.3) is 0 Å². The van der Waals surface area contributed by atoms with Crippen LogP contribution in [0.4, 0.5) is 0 Å². The lowest BCUT2D eigenvalue weighted by atomic mass is 9.94. The molecule has 0 aromatic carbocycles. The Morgan fingerprint density at radius 3 is 1.07 bits per heavy atom. The van der Waals surface area contributed by atoms with Gasteiger partial charge in [0.05, 0.1) is 65.5 Å². The molecule has 0 bridgehead atoms. The van der Waals surface area contributed by atoms with E-state index in [-0.39, 0.29) is 0 Å². The van der Waals surface area contributed by atoms with E-state index < -0.39 is 311 Å². The summed E-state index contributed by atoms with van der Waals surface area (Å²) in [5.74, 6) is -1.73. The predicted octanol–water partition coefficient (Wildman–Crippen LogP) is -18.5. The highest BCUT2D eigenvalue weighted by atomic mass is 16.8. The number of aliphatic hydroxyl groups is 25. The first-order chi connectivity index (χ1) is 44.9. The summed E-state index contributed by atoms with van der Waals surface area (Å²) in [6.45, 7) is -7.23. The van der Waals surface area contributed by atoms with Crippen LogP contribution in [0.5, 0.6) is 0 Å². The average Bonchev–Trinajstić information content (AvgIpc) is 0.781. The van der Waals surface area contributed by atoms with E-state index in [1.807, 2.05) is 0 Å². The molecular formula is C52H90N2O41. The Bertz CT molecular complexity index is 2330. The molecule has 7 aliphatic heterocycles. The van der Waals surface area contributed by atoms with E-state index in [9.17, 15) is 137 Å². The normalized spacial score (nSPS) is 47.3. The van der Waals surface area contributed by atoms with Gasteiger partial charge in [-0.05, 0) is 0 Å². The van der Waals surface area contributed by atoms with Crippen molar-refractivity contribution in [2.75, 3.05) is 59.5 Å². The number of rotatable bonds is 28. The molecule has 0 unspecified atom stereocenters. The van der Waals surface area contributed by atoms with Crippen molar-refractivity contribution in [3.63, 3.8) is 0 Å². The number of aliphatic hydroxyl groups excluding tert-OH is 25. The Balaban J connectivity index is 1.20. The Morgan fingerprint density at radius 2 is 0.684 bits per heavy atom. The molecule has 7 heterocycles. The van der Waals surface area contributed by atoms with Gasteiger partial charge in [0, 0.05) is 13.8 Å². The molecule has 7 fully saturated rings. The van der Waals surface area contributed by atoms with Gasteiger partial charge in [-0.2, -0.15) is 0 Å². The van der Waals surface area contributed by atoms with Crippen molar-refractivity contribution in [2.24, 2.45) is 0 Å². The van der Waals surface area contributed by atoms with E-state index in [1.54, 1.807) is 0 Å². The number of ether oxygens (including phenoxy) is 14. The number of hydrogen-bond acceptors (Lipinski definition) is 41. The third kappa shape index (κ3) is 18.2. The molecule has 7 aliphatic rings. The second-order valence-corrected chi connectivity index (χ2v) is 23.7. The number of carbonyl (C=O) groups excluding carboxylic acids is 2. The topological polar surface area (TPSA) is 693 Å². The van der Waals surface area contributed by atoms with Crippen LogP contribution < -0.4 is 10.6 Å². The van der Waals surface area contributed by atoms with Gasteiger partial charge in [0.15, 0.2) is 44.0 Å². The zero-order valence-electron chi connectivity index (χ0n) is 50.6. The van der Waals surface area contributed by atoms with Crippen LogP contribution in [0, 0.1) is 0 Å². The van der Waals surface area contributed by atoms with E-state index in [0.29, 0.717) is 0 Å². The van der Waals surface area contributed by atoms with Crippen LogP contribution in [-0.4, -0.2) is 438 Å². The van der Waals surface area contributed by atoms with Crippen LogP contribution in [0.1, 0.15) is 13.8 Å². The molecule has 7 rings (SSSR count). The molecule has 39 atom stereocenters. The second kappa shape index (κ2) is 35.3. The van der Waals surface area contributed by atoms with Gasteiger partial charge in [-0.25, -0.2) is 0 Å². The van der Waals surface area contributed by atoms with Crippen molar-refractivity contribution in [1.82, 2.24) is 10.6 Å². The molecule has 0 radical (unpaired) electrons. The summed E-state index contributed by atoms with van der Waals surface area (Å²) in [6.07, 6.45) is -76.2. The van der Waals surface area contributed by atoms with Crippen molar-refractivity contribution in [1.29, 1.82) is 0 Å². The highest BCUT2D eigenvalue weighted by Crippen LogP contribution is 2.37. The number of nitrogens with one attached hydrogen (secondary N) is 2. The summed E-state index contributed by atoms with van der Waals surface area (Å²) in [5, 5.41) is 275. The first kappa shape index (κ1) is 79.7. The fraction of sp³-hybridized carbons (Fsp3) is 0.962. The first-order valence-corrected chi connectivity index (χ1v) is 30.1. The highest BCUT2D eigenvalue weighted by molar-refractivity contribution is 5.73. The lowest BCUT2D eigenvalue weighted by Gasteiger charge is -2.50. The fourth-order valence-corrected chi connectivity index (χ4v) is 11.6. The summed E-state index contributed by atoms with van der Waals surface area (Å²) in [5.41, 5.74) is 0. The Hall–Kier alpha value is -2.62. The first-order valence-electron chi connectivity index (χ1n) is 30.1. The predicted molar refractivity (Wildman–Crippen MR) is 290 cm³/mol. The molecular weight excluding hydrogens is 1310 g/mol. The minimum Gasteiger partial charge on any atom is -0.394 e. The maximum atomic E-state index is 12.8. The summed E-state index contributed by atoms with van der Waals surface area (Å²) in [7, 11) is 0. The largest absolute Gasteiger partial charge is 0.394 e. The fourth-order valence-electron chi connectivity index (χ4n) is 11.6. The number of amides is 2. The third-order valence-corrected chi connectivity index (χ3v) is 17.1. The van der Waals surface area contributed by atoms with Gasteiger partial charge in [0.2, 0.25) is 11.8 Å². The minimum absolute atomic E-state index is 0.787. The van der Waals surface area contributed by atoms with Crippen LogP contribution in [-0.2, 0) is 75.9 Å². The van der Waals surface area contributed by atoms with Crippen molar-refractivity contribution < 1.29 is 204 Å².